The molecule has 2 rings (SSSR count). The number of methoxy groups -OCH3 is 1. The van der Waals surface area contributed by atoms with Gasteiger partial charge in [-0.15, -0.1) is 0 Å². The zero-order valence-electron chi connectivity index (χ0n) is 9.68. The molecule has 0 spiro atoms. The van der Waals surface area contributed by atoms with Crippen molar-refractivity contribution in [2.24, 2.45) is 10.2 Å². The molecule has 1 aromatic carbocycles. The third kappa shape index (κ3) is 2.13. The Morgan fingerprint density at radius 3 is 2.88 bits per heavy atom. The molecule has 16 heavy (non-hydrogen) atoms. The minimum atomic E-state index is 0.241. The average molecular weight is 216 g/mol. The zero-order valence-corrected chi connectivity index (χ0v) is 9.68. The minimum absolute atomic E-state index is 0.241. The van der Waals surface area contributed by atoms with Gasteiger partial charge >= 0.3 is 0 Å². The topological polar surface area (TPSA) is 34.0 Å². The van der Waals surface area contributed by atoms with Crippen molar-refractivity contribution < 1.29 is 4.74 Å². The van der Waals surface area contributed by atoms with E-state index < -0.39 is 0 Å². The standard InChI is InChI=1S/C13H16N2O/c1-3-6-10-9-12(15-14-10)11-7-4-5-8-13(11)16-2/h4-5,7-10H,3,6H2,1-2H3. The van der Waals surface area contributed by atoms with Crippen LogP contribution in [-0.2, 0) is 0 Å². The van der Waals surface area contributed by atoms with E-state index >= 15 is 0 Å². The lowest BCUT2D eigenvalue weighted by Gasteiger charge is -2.05. The average Bonchev–Trinajstić information content (AvgIpc) is 2.78. The molecule has 1 aliphatic rings. The van der Waals surface area contributed by atoms with Gasteiger partial charge in [-0.1, -0.05) is 25.5 Å². The Kier molecular flexibility index (Phi) is 3.34. The van der Waals surface area contributed by atoms with E-state index in [0.29, 0.717) is 0 Å². The van der Waals surface area contributed by atoms with Crippen LogP contribution in [0.4, 0.5) is 0 Å². The van der Waals surface area contributed by atoms with E-state index in [1.165, 1.54) is 0 Å². The first-order chi connectivity index (χ1) is 7.85. The minimum Gasteiger partial charge on any atom is -0.496 e. The van der Waals surface area contributed by atoms with Crippen molar-refractivity contribution in [3.8, 4) is 5.75 Å². The number of hydrogen-bond donors (Lipinski definition) is 0. The summed E-state index contributed by atoms with van der Waals surface area (Å²) >= 11 is 0. The van der Waals surface area contributed by atoms with E-state index in [1.54, 1.807) is 7.11 Å². The molecule has 1 aromatic rings. The fraction of sp³-hybridized carbons (Fsp3) is 0.385. The molecule has 3 heteroatoms. The van der Waals surface area contributed by atoms with Crippen molar-refractivity contribution in [3.63, 3.8) is 0 Å². The maximum atomic E-state index is 5.31. The quantitative estimate of drug-likeness (QED) is 0.756. The Morgan fingerprint density at radius 1 is 1.31 bits per heavy atom. The van der Waals surface area contributed by atoms with Crippen LogP contribution in [0.25, 0.3) is 5.70 Å². The molecule has 1 heterocycles. The van der Waals surface area contributed by atoms with Crippen LogP contribution in [0.5, 0.6) is 5.75 Å². The normalized spacial score (nSPS) is 18.6. The first-order valence-electron chi connectivity index (χ1n) is 5.61. The molecule has 0 saturated carbocycles. The van der Waals surface area contributed by atoms with Crippen LogP contribution >= 0.6 is 0 Å². The van der Waals surface area contributed by atoms with E-state index in [1.807, 2.05) is 24.3 Å². The smallest absolute Gasteiger partial charge is 0.128 e. The molecule has 0 saturated heterocycles. The van der Waals surface area contributed by atoms with Crippen molar-refractivity contribution in [1.29, 1.82) is 0 Å². The van der Waals surface area contributed by atoms with Gasteiger partial charge in [0.1, 0.15) is 5.75 Å². The van der Waals surface area contributed by atoms with Gasteiger partial charge in [-0.25, -0.2) is 0 Å². The predicted octanol–water partition coefficient (Wildman–Crippen LogP) is 3.67. The predicted molar refractivity (Wildman–Crippen MR) is 64.5 cm³/mol. The zero-order chi connectivity index (χ0) is 11.4. The lowest BCUT2D eigenvalue weighted by Crippen LogP contribution is -1.95. The van der Waals surface area contributed by atoms with E-state index in [2.05, 4.69) is 23.2 Å². The van der Waals surface area contributed by atoms with Gasteiger partial charge in [0.05, 0.1) is 18.8 Å². The molecule has 0 aromatic heterocycles. The molecule has 0 aliphatic carbocycles. The molecule has 84 valence electrons. The maximum Gasteiger partial charge on any atom is 0.128 e. The first kappa shape index (κ1) is 10.9. The second kappa shape index (κ2) is 4.92. The van der Waals surface area contributed by atoms with Crippen molar-refractivity contribution >= 4 is 5.70 Å². The van der Waals surface area contributed by atoms with Crippen LogP contribution in [0.15, 0.2) is 40.6 Å². The van der Waals surface area contributed by atoms with Crippen molar-refractivity contribution in [2.75, 3.05) is 7.11 Å². The highest BCUT2D eigenvalue weighted by Gasteiger charge is 2.15. The Morgan fingerprint density at radius 2 is 2.12 bits per heavy atom. The molecular weight excluding hydrogens is 200 g/mol. The second-order valence-corrected chi connectivity index (χ2v) is 3.82. The van der Waals surface area contributed by atoms with Crippen LogP contribution in [0.3, 0.4) is 0 Å². The highest BCUT2D eigenvalue weighted by Crippen LogP contribution is 2.31. The Balaban J connectivity index is 2.26. The highest BCUT2D eigenvalue weighted by atomic mass is 16.5. The fourth-order valence-corrected chi connectivity index (χ4v) is 1.82. The lowest BCUT2D eigenvalue weighted by atomic mass is 10.1. The molecule has 0 bridgehead atoms. The second-order valence-electron chi connectivity index (χ2n) is 3.82. The number of ether oxygens (including phenoxy) is 1. The largest absolute Gasteiger partial charge is 0.496 e. The van der Waals surface area contributed by atoms with Crippen molar-refractivity contribution in [2.45, 2.75) is 25.8 Å². The molecule has 1 unspecified atom stereocenters. The van der Waals surface area contributed by atoms with Crippen LogP contribution in [0.1, 0.15) is 25.3 Å². The third-order valence-corrected chi connectivity index (χ3v) is 2.63. The van der Waals surface area contributed by atoms with Crippen molar-refractivity contribution in [1.82, 2.24) is 0 Å². The summed E-state index contributed by atoms with van der Waals surface area (Å²) < 4.78 is 5.31. The molecular formula is C13H16N2O. The SMILES string of the molecule is CCCC1C=C(c2ccccc2OC)N=N1. The molecule has 1 atom stereocenters. The van der Waals surface area contributed by atoms with Gasteiger partial charge < -0.3 is 4.74 Å². The molecule has 0 fully saturated rings. The van der Waals surface area contributed by atoms with Gasteiger partial charge in [0, 0.05) is 5.56 Å². The van der Waals surface area contributed by atoms with Gasteiger partial charge in [0.15, 0.2) is 0 Å². The lowest BCUT2D eigenvalue weighted by molar-refractivity contribution is 0.413. The number of para-hydroxylation sites is 1. The monoisotopic (exact) mass is 216 g/mol. The maximum absolute atomic E-state index is 5.31. The summed E-state index contributed by atoms with van der Waals surface area (Å²) in [6.07, 6.45) is 4.29. The Hall–Kier alpha value is -1.64. The van der Waals surface area contributed by atoms with E-state index in [4.69, 9.17) is 4.74 Å². The van der Waals surface area contributed by atoms with Crippen LogP contribution in [-0.4, -0.2) is 13.2 Å². The summed E-state index contributed by atoms with van der Waals surface area (Å²) in [4.78, 5) is 0. The molecule has 0 radical (unpaired) electrons. The molecule has 0 N–H and O–H groups in total. The fourth-order valence-electron chi connectivity index (χ4n) is 1.82. The number of hydrogen-bond acceptors (Lipinski definition) is 3. The molecule has 0 amide bonds. The summed E-state index contributed by atoms with van der Waals surface area (Å²) in [5.41, 5.74) is 1.95. The number of nitrogens with zero attached hydrogens (tertiary/aromatic N) is 2. The van der Waals surface area contributed by atoms with Crippen molar-refractivity contribution in [3.05, 3.63) is 35.9 Å². The molecule has 1 aliphatic heterocycles. The van der Waals surface area contributed by atoms with E-state index in [0.717, 1.165) is 29.9 Å². The van der Waals surface area contributed by atoms with Gasteiger partial charge in [0.2, 0.25) is 0 Å². The van der Waals surface area contributed by atoms with E-state index in [-0.39, 0.29) is 6.04 Å². The Labute approximate surface area is 95.9 Å². The van der Waals surface area contributed by atoms with Crippen LogP contribution in [0, 0.1) is 0 Å². The van der Waals surface area contributed by atoms with Gasteiger partial charge in [-0.3, -0.25) is 0 Å². The summed E-state index contributed by atoms with van der Waals surface area (Å²) in [5, 5.41) is 8.46. The number of azo groups is 1. The van der Waals surface area contributed by atoms with Crippen LogP contribution in [0.2, 0.25) is 0 Å². The number of rotatable bonds is 4. The summed E-state index contributed by atoms with van der Waals surface area (Å²) in [7, 11) is 1.68. The van der Waals surface area contributed by atoms with Gasteiger partial charge in [0.25, 0.3) is 0 Å². The van der Waals surface area contributed by atoms with Gasteiger partial charge in [-0.2, -0.15) is 10.2 Å². The Bertz CT molecular complexity index is 424. The highest BCUT2D eigenvalue weighted by molar-refractivity contribution is 5.70. The summed E-state index contributed by atoms with van der Waals surface area (Å²) in [6, 6.07) is 8.14. The third-order valence-electron chi connectivity index (χ3n) is 2.63. The number of benzene rings is 1. The first-order valence-corrected chi connectivity index (χ1v) is 5.61. The van der Waals surface area contributed by atoms with Crippen LogP contribution < -0.4 is 4.74 Å². The summed E-state index contributed by atoms with van der Waals surface area (Å²) in [5.74, 6) is 0.852. The van der Waals surface area contributed by atoms with E-state index in [9.17, 15) is 0 Å². The summed E-state index contributed by atoms with van der Waals surface area (Å²) in [6.45, 7) is 2.16. The van der Waals surface area contributed by atoms with Gasteiger partial charge in [-0.05, 0) is 24.6 Å². The molecule has 3 nitrogen and oxygen atoms in total.